The number of hydrogen-bond acceptors (Lipinski definition) is 3. The van der Waals surface area contributed by atoms with Crippen LogP contribution in [-0.4, -0.2) is 13.4 Å². The second kappa shape index (κ2) is 4.53. The van der Waals surface area contributed by atoms with Crippen LogP contribution >= 0.6 is 0 Å². The molecule has 3 aromatic rings. The van der Waals surface area contributed by atoms with E-state index in [9.17, 15) is 4.79 Å². The topological polar surface area (TPSA) is 52.3 Å². The number of aldehydes is 1. The van der Waals surface area contributed by atoms with Gasteiger partial charge in [-0.15, -0.1) is 0 Å². The standard InChI is InChI=1S/C17H15NO2/c1-10-12-6-4-3-5-11(12)7-13-14(9-19)16(20-2)8-15(18)17(10)13/h3-9H,18H2,1-2H3. The third-order valence-electron chi connectivity index (χ3n) is 3.78. The van der Waals surface area contributed by atoms with E-state index >= 15 is 0 Å². The molecular formula is C17H15NO2. The zero-order valence-corrected chi connectivity index (χ0v) is 11.4. The number of anilines is 1. The molecule has 3 aromatic carbocycles. The van der Waals surface area contributed by atoms with Crippen LogP contribution in [-0.2, 0) is 0 Å². The van der Waals surface area contributed by atoms with E-state index < -0.39 is 0 Å². The summed E-state index contributed by atoms with van der Waals surface area (Å²) in [5.74, 6) is 0.514. The van der Waals surface area contributed by atoms with E-state index in [0.29, 0.717) is 17.0 Å². The predicted molar refractivity (Wildman–Crippen MR) is 82.5 cm³/mol. The molecule has 0 fully saturated rings. The Labute approximate surface area is 117 Å². The lowest BCUT2D eigenvalue weighted by Crippen LogP contribution is -1.98. The molecule has 0 saturated heterocycles. The van der Waals surface area contributed by atoms with Crippen molar-refractivity contribution in [3.63, 3.8) is 0 Å². The molecule has 0 bridgehead atoms. The van der Waals surface area contributed by atoms with Crippen molar-refractivity contribution in [2.75, 3.05) is 12.8 Å². The molecule has 0 heterocycles. The SMILES string of the molecule is COc1cc(N)c2c(C)c3ccccc3cc2c1C=O. The molecule has 2 N–H and O–H groups in total. The molecule has 3 nitrogen and oxygen atoms in total. The summed E-state index contributed by atoms with van der Waals surface area (Å²) in [7, 11) is 1.54. The number of nitrogens with two attached hydrogens (primary N) is 1. The molecule has 0 aliphatic heterocycles. The Kier molecular flexibility index (Phi) is 2.83. The Hall–Kier alpha value is -2.55. The monoisotopic (exact) mass is 265 g/mol. The van der Waals surface area contributed by atoms with E-state index in [1.807, 2.05) is 31.2 Å². The fourth-order valence-corrected chi connectivity index (χ4v) is 2.83. The van der Waals surface area contributed by atoms with Crippen molar-refractivity contribution in [3.8, 4) is 5.75 Å². The lowest BCUT2D eigenvalue weighted by Gasteiger charge is -2.14. The minimum Gasteiger partial charge on any atom is -0.496 e. The zero-order chi connectivity index (χ0) is 14.3. The van der Waals surface area contributed by atoms with Crippen LogP contribution in [0.5, 0.6) is 5.75 Å². The maximum atomic E-state index is 11.4. The summed E-state index contributed by atoms with van der Waals surface area (Å²) in [5, 5.41) is 4.00. The van der Waals surface area contributed by atoms with Crippen LogP contribution in [0.15, 0.2) is 36.4 Å². The molecule has 0 unspecified atom stereocenters. The highest BCUT2D eigenvalue weighted by atomic mass is 16.5. The smallest absolute Gasteiger partial charge is 0.154 e. The molecule has 0 radical (unpaired) electrons. The van der Waals surface area contributed by atoms with Crippen LogP contribution < -0.4 is 10.5 Å². The first-order chi connectivity index (χ1) is 9.67. The molecular weight excluding hydrogens is 250 g/mol. The van der Waals surface area contributed by atoms with Crippen LogP contribution in [0, 0.1) is 6.92 Å². The van der Waals surface area contributed by atoms with Crippen molar-refractivity contribution in [3.05, 3.63) is 47.5 Å². The third-order valence-corrected chi connectivity index (χ3v) is 3.78. The average molecular weight is 265 g/mol. The van der Waals surface area contributed by atoms with Gasteiger partial charge in [-0.3, -0.25) is 4.79 Å². The molecule has 0 aromatic heterocycles. The normalized spacial score (nSPS) is 10.9. The Bertz CT molecular complexity index is 837. The number of hydrogen-bond donors (Lipinski definition) is 1. The number of rotatable bonds is 2. The lowest BCUT2D eigenvalue weighted by atomic mass is 9.93. The van der Waals surface area contributed by atoms with E-state index in [1.54, 1.807) is 13.2 Å². The first-order valence-electron chi connectivity index (χ1n) is 6.41. The summed E-state index contributed by atoms with van der Waals surface area (Å²) >= 11 is 0. The van der Waals surface area contributed by atoms with Crippen LogP contribution in [0.4, 0.5) is 5.69 Å². The van der Waals surface area contributed by atoms with Gasteiger partial charge in [-0.2, -0.15) is 0 Å². The zero-order valence-electron chi connectivity index (χ0n) is 11.4. The number of aryl methyl sites for hydroxylation is 1. The van der Waals surface area contributed by atoms with Crippen molar-refractivity contribution in [2.45, 2.75) is 6.92 Å². The maximum Gasteiger partial charge on any atom is 0.154 e. The molecule has 0 spiro atoms. The van der Waals surface area contributed by atoms with Crippen molar-refractivity contribution < 1.29 is 9.53 Å². The second-order valence-electron chi connectivity index (χ2n) is 4.84. The van der Waals surface area contributed by atoms with Crippen LogP contribution in [0.25, 0.3) is 21.5 Å². The third kappa shape index (κ3) is 1.63. The predicted octanol–water partition coefficient (Wildman–Crippen LogP) is 3.70. The van der Waals surface area contributed by atoms with Gasteiger partial charge in [0.15, 0.2) is 6.29 Å². The fraction of sp³-hybridized carbons (Fsp3) is 0.118. The quantitative estimate of drug-likeness (QED) is 0.436. The molecule has 20 heavy (non-hydrogen) atoms. The van der Waals surface area contributed by atoms with Crippen LogP contribution in [0.1, 0.15) is 15.9 Å². The highest BCUT2D eigenvalue weighted by Gasteiger charge is 2.14. The van der Waals surface area contributed by atoms with Gasteiger partial charge in [0.2, 0.25) is 0 Å². The van der Waals surface area contributed by atoms with Crippen molar-refractivity contribution in [1.82, 2.24) is 0 Å². The van der Waals surface area contributed by atoms with Crippen molar-refractivity contribution in [1.29, 1.82) is 0 Å². The highest BCUT2D eigenvalue weighted by Crippen LogP contribution is 2.37. The maximum absolute atomic E-state index is 11.4. The van der Waals surface area contributed by atoms with E-state index in [0.717, 1.165) is 33.4 Å². The van der Waals surface area contributed by atoms with Gasteiger partial charge < -0.3 is 10.5 Å². The number of ether oxygens (including phenoxy) is 1. The number of benzene rings is 3. The Morgan fingerprint density at radius 2 is 1.90 bits per heavy atom. The molecule has 100 valence electrons. The molecule has 3 rings (SSSR count). The van der Waals surface area contributed by atoms with Gasteiger partial charge in [0.25, 0.3) is 0 Å². The van der Waals surface area contributed by atoms with Crippen LogP contribution in [0.2, 0.25) is 0 Å². The summed E-state index contributed by atoms with van der Waals surface area (Å²) < 4.78 is 5.27. The minimum absolute atomic E-state index is 0.514. The summed E-state index contributed by atoms with van der Waals surface area (Å²) in [6, 6.07) is 11.8. The molecule has 0 aliphatic carbocycles. The molecule has 0 atom stereocenters. The van der Waals surface area contributed by atoms with Gasteiger partial charge in [-0.05, 0) is 34.7 Å². The minimum atomic E-state index is 0.514. The lowest BCUT2D eigenvalue weighted by molar-refractivity contribution is 0.112. The van der Waals surface area contributed by atoms with E-state index in [1.165, 1.54) is 0 Å². The van der Waals surface area contributed by atoms with E-state index in [-0.39, 0.29) is 0 Å². The summed E-state index contributed by atoms with van der Waals surface area (Å²) in [6.07, 6.45) is 0.828. The van der Waals surface area contributed by atoms with Gasteiger partial charge in [0.05, 0.1) is 12.7 Å². The first-order valence-corrected chi connectivity index (χ1v) is 6.41. The van der Waals surface area contributed by atoms with E-state index in [2.05, 4.69) is 6.07 Å². The summed E-state index contributed by atoms with van der Waals surface area (Å²) in [5.41, 5.74) is 8.41. The first kappa shape index (κ1) is 12.5. The van der Waals surface area contributed by atoms with Gasteiger partial charge in [-0.25, -0.2) is 0 Å². The Morgan fingerprint density at radius 3 is 2.60 bits per heavy atom. The largest absolute Gasteiger partial charge is 0.496 e. The Morgan fingerprint density at radius 1 is 1.15 bits per heavy atom. The number of carbonyl (C=O) groups is 1. The second-order valence-corrected chi connectivity index (χ2v) is 4.84. The van der Waals surface area contributed by atoms with Crippen LogP contribution in [0.3, 0.4) is 0 Å². The molecule has 0 saturated carbocycles. The van der Waals surface area contributed by atoms with E-state index in [4.69, 9.17) is 10.5 Å². The number of fused-ring (bicyclic) bond motifs is 2. The molecule has 0 amide bonds. The van der Waals surface area contributed by atoms with Crippen molar-refractivity contribution >= 4 is 33.5 Å². The van der Waals surface area contributed by atoms with Gasteiger partial charge >= 0.3 is 0 Å². The highest BCUT2D eigenvalue weighted by molar-refractivity contribution is 6.13. The number of nitrogen functional groups attached to an aromatic ring is 1. The summed E-state index contributed by atoms with van der Waals surface area (Å²) in [6.45, 7) is 2.03. The van der Waals surface area contributed by atoms with Gasteiger partial charge in [0.1, 0.15) is 5.75 Å². The number of methoxy groups -OCH3 is 1. The summed E-state index contributed by atoms with van der Waals surface area (Å²) in [4.78, 5) is 11.4. The fourth-order valence-electron chi connectivity index (χ4n) is 2.83. The molecule has 0 aliphatic rings. The Balaban J connectivity index is 2.60. The van der Waals surface area contributed by atoms with Crippen molar-refractivity contribution in [2.24, 2.45) is 0 Å². The average Bonchev–Trinajstić information content (AvgIpc) is 2.46. The molecule has 3 heteroatoms. The van der Waals surface area contributed by atoms with Gasteiger partial charge in [-0.1, -0.05) is 24.3 Å². The number of carbonyl (C=O) groups excluding carboxylic acids is 1. The van der Waals surface area contributed by atoms with Gasteiger partial charge in [0, 0.05) is 17.1 Å².